The Balaban J connectivity index is 1.52. The molecule has 5 heteroatoms. The molecule has 1 N–H and O–H groups in total. The number of carboxylic acid groups (broad SMARTS) is 1. The van der Waals surface area contributed by atoms with Crippen LogP contribution in [0.4, 0.5) is 0 Å². The maximum atomic E-state index is 11.6. The summed E-state index contributed by atoms with van der Waals surface area (Å²) >= 11 is 0. The van der Waals surface area contributed by atoms with Crippen molar-refractivity contribution in [3.8, 4) is 22.5 Å². The molecule has 5 nitrogen and oxygen atoms in total. The van der Waals surface area contributed by atoms with Crippen molar-refractivity contribution < 1.29 is 9.90 Å². The molecule has 0 aliphatic heterocycles. The van der Waals surface area contributed by atoms with Crippen LogP contribution in [-0.4, -0.2) is 25.6 Å². The summed E-state index contributed by atoms with van der Waals surface area (Å²) in [6, 6.07) is 24.4. The Bertz CT molecular complexity index is 1520. The van der Waals surface area contributed by atoms with E-state index in [0.717, 1.165) is 57.3 Å². The molecule has 0 radical (unpaired) electrons. The molecule has 168 valence electrons. The number of imidazole rings is 1. The van der Waals surface area contributed by atoms with Gasteiger partial charge in [0, 0.05) is 28.8 Å². The molecule has 0 bridgehead atoms. The molecule has 0 spiro atoms. The van der Waals surface area contributed by atoms with E-state index in [0.29, 0.717) is 6.04 Å². The Kier molecular flexibility index (Phi) is 5.10. The third-order valence-electron chi connectivity index (χ3n) is 6.92. The highest BCUT2D eigenvalue weighted by Gasteiger charge is 2.23. The average Bonchev–Trinajstić information content (AvgIpc) is 3.28. The monoisotopic (exact) mass is 447 g/mol. The first-order valence-corrected chi connectivity index (χ1v) is 11.9. The van der Waals surface area contributed by atoms with E-state index in [-0.39, 0.29) is 5.56 Å². The van der Waals surface area contributed by atoms with Gasteiger partial charge in [-0.05, 0) is 60.9 Å². The van der Waals surface area contributed by atoms with Gasteiger partial charge >= 0.3 is 5.97 Å². The maximum Gasteiger partial charge on any atom is 0.335 e. The predicted octanol–water partition coefficient (Wildman–Crippen LogP) is 7.12. The minimum absolute atomic E-state index is 0.266. The van der Waals surface area contributed by atoms with Crippen LogP contribution in [0.5, 0.6) is 0 Å². The molecule has 1 saturated carbocycles. The van der Waals surface area contributed by atoms with Crippen LogP contribution in [0.2, 0.25) is 0 Å². The van der Waals surface area contributed by atoms with Crippen LogP contribution in [0.15, 0.2) is 79.0 Å². The van der Waals surface area contributed by atoms with E-state index in [2.05, 4.69) is 39.9 Å². The highest BCUT2D eigenvalue weighted by Crippen LogP contribution is 2.37. The summed E-state index contributed by atoms with van der Waals surface area (Å²) in [6.45, 7) is 0. The van der Waals surface area contributed by atoms with Crippen molar-refractivity contribution in [3.63, 3.8) is 0 Å². The Morgan fingerprint density at radius 3 is 2.41 bits per heavy atom. The van der Waals surface area contributed by atoms with Crippen LogP contribution in [0, 0.1) is 0 Å². The fourth-order valence-electron chi connectivity index (χ4n) is 5.20. The van der Waals surface area contributed by atoms with Crippen molar-refractivity contribution in [3.05, 3.63) is 84.6 Å². The second kappa shape index (κ2) is 8.41. The van der Waals surface area contributed by atoms with Crippen molar-refractivity contribution in [2.45, 2.75) is 38.1 Å². The highest BCUT2D eigenvalue weighted by molar-refractivity contribution is 5.94. The molecular weight excluding hydrogens is 422 g/mol. The quantitative estimate of drug-likeness (QED) is 0.318. The van der Waals surface area contributed by atoms with Gasteiger partial charge in [0.05, 0.1) is 22.1 Å². The zero-order valence-corrected chi connectivity index (χ0v) is 18.8. The molecule has 5 aromatic rings. The Hall–Kier alpha value is -3.99. The van der Waals surface area contributed by atoms with Crippen molar-refractivity contribution in [1.29, 1.82) is 0 Å². The molecule has 2 heterocycles. The fourth-order valence-corrected chi connectivity index (χ4v) is 5.20. The summed E-state index contributed by atoms with van der Waals surface area (Å²) in [7, 11) is 0. The standard InChI is InChI=1S/C29H25N3O2/c33-29(34)21-12-14-27-26(17-21)31-28(32(27)24-9-5-2-6-10-24)20-11-13-25-22(15-20)16-23(18-30-25)19-7-3-1-4-8-19/h1,3-4,7-8,11-18,24H,2,5-6,9-10H2,(H,33,34). The first-order valence-electron chi connectivity index (χ1n) is 11.9. The van der Waals surface area contributed by atoms with Gasteiger partial charge in [-0.15, -0.1) is 0 Å². The Morgan fingerprint density at radius 2 is 1.62 bits per heavy atom. The van der Waals surface area contributed by atoms with E-state index in [1.54, 1.807) is 12.1 Å². The van der Waals surface area contributed by atoms with E-state index in [9.17, 15) is 9.90 Å². The van der Waals surface area contributed by atoms with Crippen molar-refractivity contribution in [2.24, 2.45) is 0 Å². The molecule has 3 aromatic carbocycles. The van der Waals surface area contributed by atoms with Crippen LogP contribution < -0.4 is 0 Å². The predicted molar refractivity (Wildman–Crippen MR) is 135 cm³/mol. The van der Waals surface area contributed by atoms with Crippen molar-refractivity contribution in [2.75, 3.05) is 0 Å². The molecular formula is C29H25N3O2. The Labute approximate surface area is 197 Å². The van der Waals surface area contributed by atoms with E-state index in [4.69, 9.17) is 4.98 Å². The van der Waals surface area contributed by atoms with Crippen molar-refractivity contribution >= 4 is 27.9 Å². The number of aromatic nitrogens is 3. The van der Waals surface area contributed by atoms with E-state index in [1.165, 1.54) is 19.3 Å². The zero-order valence-electron chi connectivity index (χ0n) is 18.8. The third-order valence-corrected chi connectivity index (χ3v) is 6.92. The maximum absolute atomic E-state index is 11.6. The van der Waals surface area contributed by atoms with Gasteiger partial charge in [0.1, 0.15) is 5.82 Å². The number of fused-ring (bicyclic) bond motifs is 2. The van der Waals surface area contributed by atoms with Gasteiger partial charge in [0.15, 0.2) is 0 Å². The summed E-state index contributed by atoms with van der Waals surface area (Å²) < 4.78 is 2.34. The number of pyridine rings is 1. The first-order chi connectivity index (χ1) is 16.7. The average molecular weight is 448 g/mol. The molecule has 1 fully saturated rings. The second-order valence-electron chi connectivity index (χ2n) is 9.10. The fraction of sp³-hybridized carbons (Fsp3) is 0.207. The molecule has 1 aliphatic rings. The van der Waals surface area contributed by atoms with Crippen LogP contribution >= 0.6 is 0 Å². The van der Waals surface area contributed by atoms with Gasteiger partial charge in [0.25, 0.3) is 0 Å². The number of nitrogens with zero attached hydrogens (tertiary/aromatic N) is 3. The summed E-state index contributed by atoms with van der Waals surface area (Å²) in [4.78, 5) is 21.2. The summed E-state index contributed by atoms with van der Waals surface area (Å²) in [5.41, 5.74) is 6.19. The topological polar surface area (TPSA) is 68.0 Å². The normalized spacial score (nSPS) is 14.6. The summed E-state index contributed by atoms with van der Waals surface area (Å²) in [6.07, 6.45) is 7.84. The highest BCUT2D eigenvalue weighted by atomic mass is 16.4. The lowest BCUT2D eigenvalue weighted by Crippen LogP contribution is -2.14. The van der Waals surface area contributed by atoms with Gasteiger partial charge in [-0.25, -0.2) is 9.78 Å². The lowest BCUT2D eigenvalue weighted by Gasteiger charge is -2.25. The number of benzene rings is 3. The lowest BCUT2D eigenvalue weighted by atomic mass is 9.94. The van der Waals surface area contributed by atoms with E-state index >= 15 is 0 Å². The molecule has 0 atom stereocenters. The van der Waals surface area contributed by atoms with E-state index in [1.807, 2.05) is 36.5 Å². The molecule has 0 amide bonds. The molecule has 6 rings (SSSR count). The van der Waals surface area contributed by atoms with Gasteiger partial charge in [-0.2, -0.15) is 0 Å². The first kappa shape index (κ1) is 20.6. The van der Waals surface area contributed by atoms with Crippen molar-refractivity contribution in [1.82, 2.24) is 14.5 Å². The number of hydrogen-bond acceptors (Lipinski definition) is 3. The van der Waals surface area contributed by atoms with Crippen LogP contribution in [0.1, 0.15) is 48.5 Å². The molecule has 34 heavy (non-hydrogen) atoms. The zero-order chi connectivity index (χ0) is 23.1. The second-order valence-corrected chi connectivity index (χ2v) is 9.10. The summed E-state index contributed by atoms with van der Waals surface area (Å²) in [5, 5.41) is 10.5. The van der Waals surface area contributed by atoms with E-state index < -0.39 is 5.97 Å². The van der Waals surface area contributed by atoms with Crippen LogP contribution in [-0.2, 0) is 0 Å². The summed E-state index contributed by atoms with van der Waals surface area (Å²) in [5.74, 6) is -0.0302. The minimum Gasteiger partial charge on any atom is -0.478 e. The number of carboxylic acids is 1. The van der Waals surface area contributed by atoms with Gasteiger partial charge in [-0.3, -0.25) is 4.98 Å². The number of hydrogen-bond donors (Lipinski definition) is 1. The largest absolute Gasteiger partial charge is 0.478 e. The number of rotatable bonds is 4. The molecule has 0 unspecified atom stereocenters. The van der Waals surface area contributed by atoms with Gasteiger partial charge in [-0.1, -0.05) is 49.6 Å². The lowest BCUT2D eigenvalue weighted by molar-refractivity contribution is 0.0697. The molecule has 1 aliphatic carbocycles. The number of aromatic carboxylic acids is 1. The molecule has 0 saturated heterocycles. The SMILES string of the molecule is O=C(O)c1ccc2c(c1)nc(-c1ccc3ncc(-c4ccccc4)cc3c1)n2C1CCCCC1. The van der Waals surface area contributed by atoms with Gasteiger partial charge in [0.2, 0.25) is 0 Å². The minimum atomic E-state index is -0.930. The number of carbonyl (C=O) groups is 1. The Morgan fingerprint density at radius 1 is 0.824 bits per heavy atom. The smallest absolute Gasteiger partial charge is 0.335 e. The molecule has 2 aromatic heterocycles. The van der Waals surface area contributed by atoms with Gasteiger partial charge < -0.3 is 9.67 Å². The van der Waals surface area contributed by atoms with Crippen LogP contribution in [0.25, 0.3) is 44.5 Å². The third kappa shape index (κ3) is 3.63. The van der Waals surface area contributed by atoms with Crippen LogP contribution in [0.3, 0.4) is 0 Å².